The van der Waals surface area contributed by atoms with Crippen molar-refractivity contribution in [3.8, 4) is 5.75 Å². The van der Waals surface area contributed by atoms with Crippen LogP contribution >= 0.6 is 0 Å². The predicted molar refractivity (Wildman–Crippen MR) is 50.3 cm³/mol. The molecule has 1 aromatic carbocycles. The van der Waals surface area contributed by atoms with Gasteiger partial charge in [-0.2, -0.15) is 0 Å². The number of nitrogens with one attached hydrogen (secondary N) is 1. The summed E-state index contributed by atoms with van der Waals surface area (Å²) in [6.45, 7) is 0. The van der Waals surface area contributed by atoms with Crippen LogP contribution in [0.5, 0.6) is 5.75 Å². The van der Waals surface area contributed by atoms with Crippen LogP contribution in [-0.2, 0) is 4.84 Å². The third kappa shape index (κ3) is 2.11. The number of non-ortho nitro benzene ring substituents is 1. The number of nitrogens with zero attached hydrogens (tertiary/aromatic N) is 1. The summed E-state index contributed by atoms with van der Waals surface area (Å²) in [5.74, 6) is 0.362. The fourth-order valence-electron chi connectivity index (χ4n) is 0.988. The molecule has 0 amide bonds. The predicted octanol–water partition coefficient (Wildman–Crippen LogP) is 1.58. The molecule has 0 saturated heterocycles. The van der Waals surface area contributed by atoms with Crippen molar-refractivity contribution >= 4 is 11.4 Å². The highest BCUT2D eigenvalue weighted by molar-refractivity contribution is 5.59. The molecule has 0 atom stereocenters. The van der Waals surface area contributed by atoms with E-state index in [0.717, 1.165) is 0 Å². The van der Waals surface area contributed by atoms with E-state index >= 15 is 0 Å². The number of ether oxygens (including phenoxy) is 1. The van der Waals surface area contributed by atoms with Gasteiger partial charge in [0.15, 0.2) is 5.75 Å². The van der Waals surface area contributed by atoms with E-state index in [9.17, 15) is 10.1 Å². The van der Waals surface area contributed by atoms with Gasteiger partial charge in [-0.3, -0.25) is 20.4 Å². The number of hydrogen-bond donors (Lipinski definition) is 1. The van der Waals surface area contributed by atoms with Gasteiger partial charge in [-0.1, -0.05) is 0 Å². The highest BCUT2D eigenvalue weighted by Gasteiger charge is 2.10. The van der Waals surface area contributed by atoms with Crippen LogP contribution < -0.4 is 10.2 Å². The maximum absolute atomic E-state index is 10.4. The van der Waals surface area contributed by atoms with Gasteiger partial charge in [-0.25, -0.2) is 0 Å². The molecule has 0 aromatic heterocycles. The summed E-state index contributed by atoms with van der Waals surface area (Å²) in [5.41, 5.74) is 3.06. The molecule has 0 heterocycles. The van der Waals surface area contributed by atoms with Crippen LogP contribution in [0.3, 0.4) is 0 Å². The molecule has 0 unspecified atom stereocenters. The first-order valence-corrected chi connectivity index (χ1v) is 3.80. The van der Waals surface area contributed by atoms with Crippen LogP contribution in [0.4, 0.5) is 11.4 Å². The normalized spacial score (nSPS) is 9.57. The average Bonchev–Trinajstić information content (AvgIpc) is 2.18. The van der Waals surface area contributed by atoms with E-state index in [-0.39, 0.29) is 5.69 Å². The van der Waals surface area contributed by atoms with E-state index < -0.39 is 4.92 Å². The highest BCUT2D eigenvalue weighted by atomic mass is 16.6. The van der Waals surface area contributed by atoms with Crippen molar-refractivity contribution < 1.29 is 14.5 Å². The Morgan fingerprint density at radius 1 is 1.43 bits per heavy atom. The zero-order valence-corrected chi connectivity index (χ0v) is 7.81. The molecule has 6 heteroatoms. The Bertz CT molecular complexity index is 340. The average molecular weight is 198 g/mol. The first-order chi connectivity index (χ1) is 6.69. The third-order valence-corrected chi connectivity index (χ3v) is 1.61. The van der Waals surface area contributed by atoms with Gasteiger partial charge in [0.05, 0.1) is 25.2 Å². The Kier molecular flexibility index (Phi) is 3.24. The van der Waals surface area contributed by atoms with Crippen LogP contribution in [0, 0.1) is 10.1 Å². The lowest BCUT2D eigenvalue weighted by atomic mass is 10.2. The summed E-state index contributed by atoms with van der Waals surface area (Å²) in [6, 6.07) is 4.20. The minimum absolute atomic E-state index is 0.0245. The minimum atomic E-state index is -0.487. The van der Waals surface area contributed by atoms with E-state index in [1.165, 1.54) is 32.4 Å². The third-order valence-electron chi connectivity index (χ3n) is 1.61. The molecule has 0 bridgehead atoms. The van der Waals surface area contributed by atoms with E-state index in [1.807, 2.05) is 0 Å². The Labute approximate surface area is 80.5 Å². The zero-order valence-electron chi connectivity index (χ0n) is 7.81. The van der Waals surface area contributed by atoms with Crippen molar-refractivity contribution in [1.29, 1.82) is 0 Å². The number of nitro benzene ring substituents is 1. The van der Waals surface area contributed by atoms with Crippen LogP contribution in [0.1, 0.15) is 0 Å². The first-order valence-electron chi connectivity index (χ1n) is 3.80. The Morgan fingerprint density at radius 3 is 2.64 bits per heavy atom. The molecule has 1 N–H and O–H groups in total. The second-order valence-electron chi connectivity index (χ2n) is 2.45. The standard InChI is InChI=1S/C8H10N2O4/c1-13-8-5-6(10(11)12)3-4-7(8)9-14-2/h3-5,9H,1-2H3. The van der Waals surface area contributed by atoms with E-state index in [0.29, 0.717) is 11.4 Å². The molecular formula is C8H10N2O4. The van der Waals surface area contributed by atoms with Gasteiger partial charge in [-0.15, -0.1) is 0 Å². The Balaban J connectivity index is 3.04. The van der Waals surface area contributed by atoms with Crippen molar-refractivity contribution in [1.82, 2.24) is 0 Å². The molecule has 1 aromatic rings. The van der Waals surface area contributed by atoms with Gasteiger partial charge in [0, 0.05) is 6.07 Å². The summed E-state index contributed by atoms with van der Waals surface area (Å²) in [6.07, 6.45) is 0. The Morgan fingerprint density at radius 2 is 2.14 bits per heavy atom. The molecule has 14 heavy (non-hydrogen) atoms. The molecule has 0 aliphatic rings. The van der Waals surface area contributed by atoms with Gasteiger partial charge in [0.2, 0.25) is 0 Å². The molecule has 0 saturated carbocycles. The van der Waals surface area contributed by atoms with Crippen LogP contribution in [0.2, 0.25) is 0 Å². The quantitative estimate of drug-likeness (QED) is 0.587. The van der Waals surface area contributed by atoms with Gasteiger partial charge in [-0.05, 0) is 6.07 Å². The molecule has 76 valence electrons. The number of anilines is 1. The second kappa shape index (κ2) is 4.43. The smallest absolute Gasteiger partial charge is 0.273 e. The lowest BCUT2D eigenvalue weighted by Gasteiger charge is -2.08. The second-order valence-corrected chi connectivity index (χ2v) is 2.45. The zero-order chi connectivity index (χ0) is 10.6. The van der Waals surface area contributed by atoms with Crippen LogP contribution in [-0.4, -0.2) is 19.1 Å². The van der Waals surface area contributed by atoms with Gasteiger partial charge >= 0.3 is 0 Å². The topological polar surface area (TPSA) is 73.6 Å². The van der Waals surface area contributed by atoms with Crippen molar-refractivity contribution in [3.05, 3.63) is 28.3 Å². The molecule has 0 spiro atoms. The van der Waals surface area contributed by atoms with Crippen molar-refractivity contribution in [3.63, 3.8) is 0 Å². The lowest BCUT2D eigenvalue weighted by molar-refractivity contribution is -0.384. The SMILES string of the molecule is CONc1ccc([N+](=O)[O-])cc1OC. The maximum Gasteiger partial charge on any atom is 0.273 e. The summed E-state index contributed by atoms with van der Waals surface area (Å²) in [4.78, 5) is 14.6. The summed E-state index contributed by atoms with van der Waals surface area (Å²) in [5, 5.41) is 10.4. The first kappa shape index (κ1) is 10.3. The molecule has 1 rings (SSSR count). The molecule has 6 nitrogen and oxygen atoms in total. The number of nitro groups is 1. The molecule has 0 fully saturated rings. The molecule has 0 aliphatic heterocycles. The highest BCUT2D eigenvalue weighted by Crippen LogP contribution is 2.28. The number of methoxy groups -OCH3 is 1. The fourth-order valence-corrected chi connectivity index (χ4v) is 0.988. The minimum Gasteiger partial charge on any atom is -0.494 e. The maximum atomic E-state index is 10.4. The number of benzene rings is 1. The van der Waals surface area contributed by atoms with Crippen molar-refractivity contribution in [2.45, 2.75) is 0 Å². The van der Waals surface area contributed by atoms with Gasteiger partial charge in [0.25, 0.3) is 5.69 Å². The summed E-state index contributed by atoms with van der Waals surface area (Å²) < 4.78 is 4.94. The largest absolute Gasteiger partial charge is 0.494 e. The van der Waals surface area contributed by atoms with Crippen LogP contribution in [0.25, 0.3) is 0 Å². The van der Waals surface area contributed by atoms with E-state index in [2.05, 4.69) is 10.3 Å². The Hall–Kier alpha value is -1.82. The molecular weight excluding hydrogens is 188 g/mol. The van der Waals surface area contributed by atoms with Gasteiger partial charge < -0.3 is 4.74 Å². The number of hydrogen-bond acceptors (Lipinski definition) is 5. The van der Waals surface area contributed by atoms with Gasteiger partial charge in [0.1, 0.15) is 5.69 Å². The van der Waals surface area contributed by atoms with E-state index in [1.54, 1.807) is 0 Å². The van der Waals surface area contributed by atoms with E-state index in [4.69, 9.17) is 4.74 Å². The lowest BCUT2D eigenvalue weighted by Crippen LogP contribution is -1.99. The van der Waals surface area contributed by atoms with Crippen LogP contribution in [0.15, 0.2) is 18.2 Å². The monoisotopic (exact) mass is 198 g/mol. The van der Waals surface area contributed by atoms with Crippen molar-refractivity contribution in [2.24, 2.45) is 0 Å². The summed E-state index contributed by atoms with van der Waals surface area (Å²) >= 11 is 0. The molecule has 0 aliphatic carbocycles. The summed E-state index contributed by atoms with van der Waals surface area (Å²) in [7, 11) is 2.88. The van der Waals surface area contributed by atoms with Crippen molar-refractivity contribution in [2.75, 3.05) is 19.7 Å². The molecule has 0 radical (unpaired) electrons. The fraction of sp³-hybridized carbons (Fsp3) is 0.250. The number of rotatable bonds is 4.